The lowest BCUT2D eigenvalue weighted by Gasteiger charge is -2.25. The average molecular weight is 318 g/mol. The monoisotopic (exact) mass is 318 g/mol. The molecule has 1 amide bonds. The van der Waals surface area contributed by atoms with Crippen molar-refractivity contribution in [1.29, 1.82) is 0 Å². The van der Waals surface area contributed by atoms with Gasteiger partial charge in [0.1, 0.15) is 0 Å². The highest BCUT2D eigenvalue weighted by atomic mass is 32.1. The first-order valence-electron chi connectivity index (χ1n) is 7.81. The van der Waals surface area contributed by atoms with Gasteiger partial charge in [-0.2, -0.15) is 5.10 Å². The topological polar surface area (TPSA) is 51.0 Å². The van der Waals surface area contributed by atoms with Crippen molar-refractivity contribution in [1.82, 2.24) is 19.7 Å². The van der Waals surface area contributed by atoms with Crippen LogP contribution in [-0.4, -0.2) is 38.2 Å². The molecule has 0 aromatic carbocycles. The number of thiazole rings is 1. The minimum Gasteiger partial charge on any atom is -0.338 e. The van der Waals surface area contributed by atoms with Crippen LogP contribution in [0.3, 0.4) is 0 Å². The van der Waals surface area contributed by atoms with Gasteiger partial charge in [-0.05, 0) is 39.2 Å². The van der Waals surface area contributed by atoms with Crippen LogP contribution >= 0.6 is 11.3 Å². The summed E-state index contributed by atoms with van der Waals surface area (Å²) in [6.45, 7) is 5.76. The van der Waals surface area contributed by atoms with Gasteiger partial charge in [-0.3, -0.25) is 9.48 Å². The van der Waals surface area contributed by atoms with E-state index in [2.05, 4.69) is 23.1 Å². The predicted octanol–water partition coefficient (Wildman–Crippen LogP) is 2.58. The SMILES string of the molecule is Cc1cc(C)n(C[C@@H]2CCCN2C(=O)CCc2cscn2)n1. The van der Waals surface area contributed by atoms with E-state index in [9.17, 15) is 4.79 Å². The summed E-state index contributed by atoms with van der Waals surface area (Å²) >= 11 is 1.58. The molecule has 3 rings (SSSR count). The number of nitrogens with zero attached hydrogens (tertiary/aromatic N) is 4. The van der Waals surface area contributed by atoms with Gasteiger partial charge in [0, 0.05) is 24.0 Å². The summed E-state index contributed by atoms with van der Waals surface area (Å²) in [6, 6.07) is 2.37. The molecule has 0 saturated carbocycles. The van der Waals surface area contributed by atoms with Crippen molar-refractivity contribution in [3.8, 4) is 0 Å². The number of hydrogen-bond donors (Lipinski definition) is 0. The van der Waals surface area contributed by atoms with Gasteiger partial charge in [0.15, 0.2) is 0 Å². The molecule has 1 atom stereocenters. The van der Waals surface area contributed by atoms with Gasteiger partial charge in [-0.25, -0.2) is 4.98 Å². The quantitative estimate of drug-likeness (QED) is 0.851. The van der Waals surface area contributed by atoms with Crippen molar-refractivity contribution >= 4 is 17.2 Å². The lowest BCUT2D eigenvalue weighted by Crippen LogP contribution is -2.38. The van der Waals surface area contributed by atoms with Gasteiger partial charge in [-0.1, -0.05) is 0 Å². The highest BCUT2D eigenvalue weighted by Crippen LogP contribution is 2.21. The molecule has 3 heterocycles. The van der Waals surface area contributed by atoms with Crippen LogP contribution in [0.2, 0.25) is 0 Å². The zero-order valence-electron chi connectivity index (χ0n) is 13.2. The first kappa shape index (κ1) is 15.2. The molecule has 5 nitrogen and oxygen atoms in total. The van der Waals surface area contributed by atoms with E-state index in [-0.39, 0.29) is 11.9 Å². The fraction of sp³-hybridized carbons (Fsp3) is 0.562. The van der Waals surface area contributed by atoms with E-state index in [0.717, 1.165) is 43.7 Å². The van der Waals surface area contributed by atoms with Gasteiger partial charge in [0.25, 0.3) is 0 Å². The van der Waals surface area contributed by atoms with Crippen molar-refractivity contribution in [3.05, 3.63) is 34.0 Å². The summed E-state index contributed by atoms with van der Waals surface area (Å²) < 4.78 is 2.03. The number of carbonyl (C=O) groups excluding carboxylic acids is 1. The molecular weight excluding hydrogens is 296 g/mol. The second-order valence-corrected chi connectivity index (χ2v) is 6.69. The molecular formula is C16H22N4OS. The summed E-state index contributed by atoms with van der Waals surface area (Å²) in [5, 5.41) is 6.54. The Kier molecular flexibility index (Phi) is 4.57. The number of carbonyl (C=O) groups is 1. The Balaban J connectivity index is 1.60. The fourth-order valence-corrected chi connectivity index (χ4v) is 3.75. The number of amides is 1. The molecule has 2 aromatic heterocycles. The molecule has 6 heteroatoms. The summed E-state index contributed by atoms with van der Waals surface area (Å²) in [6.07, 6.45) is 3.45. The fourth-order valence-electron chi connectivity index (χ4n) is 3.15. The minimum atomic E-state index is 0.247. The van der Waals surface area contributed by atoms with Gasteiger partial charge in [0.2, 0.25) is 5.91 Å². The summed E-state index contributed by atoms with van der Waals surface area (Å²) in [7, 11) is 0. The van der Waals surface area contributed by atoms with Crippen molar-refractivity contribution in [2.45, 2.75) is 52.1 Å². The first-order chi connectivity index (χ1) is 10.6. The van der Waals surface area contributed by atoms with E-state index in [1.807, 2.05) is 27.4 Å². The molecule has 0 unspecified atom stereocenters. The van der Waals surface area contributed by atoms with Crippen LogP contribution in [0.15, 0.2) is 17.0 Å². The highest BCUT2D eigenvalue weighted by Gasteiger charge is 2.29. The first-order valence-corrected chi connectivity index (χ1v) is 8.75. The van der Waals surface area contributed by atoms with Gasteiger partial charge >= 0.3 is 0 Å². The van der Waals surface area contributed by atoms with Crippen LogP contribution in [-0.2, 0) is 17.8 Å². The molecule has 118 valence electrons. The van der Waals surface area contributed by atoms with E-state index < -0.39 is 0 Å². The standard InChI is InChI=1S/C16H22N4OS/c1-12-8-13(2)20(18-12)9-15-4-3-7-19(15)16(21)6-5-14-10-22-11-17-14/h8,10-11,15H,3-7,9H2,1-2H3/t15-/m0/s1. The number of likely N-dealkylation sites (tertiary alicyclic amines) is 1. The minimum absolute atomic E-state index is 0.247. The molecule has 1 saturated heterocycles. The van der Waals surface area contributed by atoms with Gasteiger partial charge in [-0.15, -0.1) is 11.3 Å². The Bertz CT molecular complexity index is 635. The Morgan fingerprint density at radius 2 is 2.32 bits per heavy atom. The number of aryl methyl sites for hydroxylation is 3. The molecule has 0 aliphatic carbocycles. The van der Waals surface area contributed by atoms with Crippen molar-refractivity contribution in [2.75, 3.05) is 6.54 Å². The molecule has 1 fully saturated rings. The predicted molar refractivity (Wildman–Crippen MR) is 86.9 cm³/mol. The van der Waals surface area contributed by atoms with Crippen LogP contribution in [0, 0.1) is 13.8 Å². The van der Waals surface area contributed by atoms with Crippen LogP contribution in [0.5, 0.6) is 0 Å². The van der Waals surface area contributed by atoms with Crippen molar-refractivity contribution in [2.24, 2.45) is 0 Å². The second-order valence-electron chi connectivity index (χ2n) is 5.97. The lowest BCUT2D eigenvalue weighted by atomic mass is 10.2. The maximum Gasteiger partial charge on any atom is 0.223 e. The van der Waals surface area contributed by atoms with E-state index in [0.29, 0.717) is 6.42 Å². The molecule has 2 aromatic rings. The Hall–Kier alpha value is -1.69. The third kappa shape index (κ3) is 3.38. The van der Waals surface area contributed by atoms with E-state index in [4.69, 9.17) is 0 Å². The third-order valence-corrected chi connectivity index (χ3v) is 4.90. The maximum atomic E-state index is 12.5. The zero-order valence-corrected chi connectivity index (χ0v) is 14.0. The second kappa shape index (κ2) is 6.60. The van der Waals surface area contributed by atoms with E-state index in [1.165, 1.54) is 5.69 Å². The normalized spacial score (nSPS) is 18.1. The van der Waals surface area contributed by atoms with Crippen LogP contribution in [0.1, 0.15) is 36.3 Å². The number of rotatable bonds is 5. The molecule has 0 spiro atoms. The van der Waals surface area contributed by atoms with Crippen molar-refractivity contribution < 1.29 is 4.79 Å². The average Bonchev–Trinajstić information content (AvgIpc) is 3.20. The van der Waals surface area contributed by atoms with Crippen molar-refractivity contribution in [3.63, 3.8) is 0 Å². The smallest absolute Gasteiger partial charge is 0.223 e. The molecule has 22 heavy (non-hydrogen) atoms. The Labute approximate surface area is 135 Å². The van der Waals surface area contributed by atoms with E-state index in [1.54, 1.807) is 11.3 Å². The Morgan fingerprint density at radius 1 is 1.45 bits per heavy atom. The molecule has 0 radical (unpaired) electrons. The van der Waals surface area contributed by atoms with E-state index >= 15 is 0 Å². The Morgan fingerprint density at radius 3 is 3.00 bits per heavy atom. The molecule has 1 aliphatic rings. The van der Waals surface area contributed by atoms with Gasteiger partial charge < -0.3 is 4.90 Å². The number of hydrogen-bond acceptors (Lipinski definition) is 4. The maximum absolute atomic E-state index is 12.5. The number of aromatic nitrogens is 3. The summed E-state index contributed by atoms with van der Waals surface area (Å²) in [5.41, 5.74) is 5.05. The zero-order chi connectivity index (χ0) is 15.5. The third-order valence-electron chi connectivity index (χ3n) is 4.26. The molecule has 0 N–H and O–H groups in total. The summed E-state index contributed by atoms with van der Waals surface area (Å²) in [4.78, 5) is 18.8. The summed E-state index contributed by atoms with van der Waals surface area (Å²) in [5.74, 6) is 0.247. The van der Waals surface area contributed by atoms with Crippen LogP contribution in [0.25, 0.3) is 0 Å². The highest BCUT2D eigenvalue weighted by molar-refractivity contribution is 7.07. The van der Waals surface area contributed by atoms with Crippen LogP contribution < -0.4 is 0 Å². The molecule has 0 bridgehead atoms. The lowest BCUT2D eigenvalue weighted by molar-refractivity contribution is -0.132. The van der Waals surface area contributed by atoms with Crippen LogP contribution in [0.4, 0.5) is 0 Å². The molecule has 1 aliphatic heterocycles. The van der Waals surface area contributed by atoms with Gasteiger partial charge in [0.05, 0.1) is 29.5 Å². The largest absolute Gasteiger partial charge is 0.338 e.